The molecule has 0 heterocycles. The van der Waals surface area contributed by atoms with Crippen molar-refractivity contribution in [3.8, 4) is 46.0 Å². The van der Waals surface area contributed by atoms with E-state index in [0.29, 0.717) is 51.1 Å². The van der Waals surface area contributed by atoms with Crippen LogP contribution in [-0.2, 0) is 17.8 Å². The number of hydrogen-bond acceptors (Lipinski definition) is 9. The minimum atomic E-state index is -4.66. The van der Waals surface area contributed by atoms with Gasteiger partial charge in [-0.2, -0.15) is 0 Å². The number of rotatable bonds is 87. The number of benzene rings is 7. The van der Waals surface area contributed by atoms with Crippen molar-refractivity contribution >= 4 is 61.5 Å². The highest BCUT2D eigenvalue weighted by Crippen LogP contribution is 2.43. The van der Waals surface area contributed by atoms with Gasteiger partial charge in [-0.1, -0.05) is 534 Å². The highest BCUT2D eigenvalue weighted by molar-refractivity contribution is 7.60. The zero-order chi connectivity index (χ0) is 96.1. The molecule has 0 radical (unpaired) electrons. The van der Waals surface area contributed by atoms with E-state index < -0.39 is 7.60 Å². The lowest BCUT2D eigenvalue weighted by Crippen LogP contribution is -2.07. The zero-order valence-electron chi connectivity index (χ0n) is 86.5. The van der Waals surface area contributed by atoms with Crippen molar-refractivity contribution in [2.24, 2.45) is 0 Å². The van der Waals surface area contributed by atoms with Crippen LogP contribution in [0.2, 0.25) is 0 Å². The molecule has 136 heavy (non-hydrogen) atoms. The standard InChI is InChI=1S/C124H187O11P/c1-7-13-19-25-31-37-43-49-55-61-91-128-119-97-114(98-120(129-92-62-56-50-44-38-32-26-20-14-8-2)123(119)132-95-65-59-53-47-41-35-29-23-17-11-5)89-83-108-73-67-106(68-74-108)71-77-110-79-85-112(86-80-110)104-134-116-101-117(103-118(102-116)136(125,126)127)135-105-113-87-81-111(82-88-113)78-72-107-69-75-109(76-70-107)84-90-115-99-121(130-93-63-57-51-45-39-33-27-21-15-9-3)124(133-96-66-60-54-48-42-36-30-24-18-12-6)122(100-115)131-94-64-58-52-46-40-34-28-22-16-10-4/h67-90,97-103H,7-66,91-96,104-105H2,1-6H3,(H2,125,126,127)/b77-71+,78-72+,89-83+,90-84+. The third-order valence-electron chi connectivity index (χ3n) is 26.3. The van der Waals surface area contributed by atoms with Crippen molar-refractivity contribution in [1.82, 2.24) is 0 Å². The highest BCUT2D eigenvalue weighted by atomic mass is 31.2. The summed E-state index contributed by atoms with van der Waals surface area (Å²) in [5.41, 5.74) is 10.3. The van der Waals surface area contributed by atoms with E-state index in [1.807, 2.05) is 48.5 Å². The Kier molecular flexibility index (Phi) is 65.0. The van der Waals surface area contributed by atoms with Crippen LogP contribution in [0.25, 0.3) is 48.6 Å². The molecule has 0 aromatic heterocycles. The Morgan fingerprint density at radius 2 is 0.368 bits per heavy atom. The maximum Gasteiger partial charge on any atom is 0.356 e. The van der Waals surface area contributed by atoms with Gasteiger partial charge in [-0.05, 0) is 131 Å². The van der Waals surface area contributed by atoms with Gasteiger partial charge < -0.3 is 47.7 Å². The van der Waals surface area contributed by atoms with Crippen molar-refractivity contribution in [2.75, 3.05) is 39.6 Å². The first kappa shape index (κ1) is 115. The third-order valence-corrected chi connectivity index (χ3v) is 27.2. The van der Waals surface area contributed by atoms with Crippen LogP contribution in [0.15, 0.2) is 140 Å². The molecule has 0 aliphatic rings. The molecule has 0 fully saturated rings. The van der Waals surface area contributed by atoms with Gasteiger partial charge in [0.2, 0.25) is 11.5 Å². The maximum atomic E-state index is 12.8. The summed E-state index contributed by atoms with van der Waals surface area (Å²) in [6.07, 6.45) is 93.9. The molecular weight excluding hydrogens is 1700 g/mol. The zero-order valence-corrected chi connectivity index (χ0v) is 87.4. The molecule has 0 saturated heterocycles. The Bertz CT molecular complexity index is 3920. The fourth-order valence-corrected chi connectivity index (χ4v) is 18.2. The molecule has 754 valence electrons. The molecule has 0 spiro atoms. The van der Waals surface area contributed by atoms with E-state index in [1.54, 1.807) is 6.07 Å². The molecule has 7 rings (SSSR count). The Morgan fingerprint density at radius 3 is 0.559 bits per heavy atom. The van der Waals surface area contributed by atoms with Crippen molar-refractivity contribution < 1.29 is 52.2 Å². The fraction of sp³-hybridized carbons (Fsp3) is 0.597. The van der Waals surface area contributed by atoms with E-state index >= 15 is 0 Å². The molecule has 0 aliphatic heterocycles. The summed E-state index contributed by atoms with van der Waals surface area (Å²) in [4.78, 5) is 20.8. The fourth-order valence-electron chi connectivity index (χ4n) is 17.6. The molecule has 12 heteroatoms. The molecular formula is C124H187O11P. The summed E-state index contributed by atoms with van der Waals surface area (Å²) in [7, 11) is -4.66. The second-order valence-corrected chi connectivity index (χ2v) is 40.4. The Labute approximate surface area is 829 Å². The van der Waals surface area contributed by atoms with Gasteiger partial charge in [0.05, 0.1) is 44.9 Å². The van der Waals surface area contributed by atoms with Crippen molar-refractivity contribution in [2.45, 2.75) is 440 Å². The summed E-state index contributed by atoms with van der Waals surface area (Å²) in [6, 6.07) is 46.5. The Hall–Kier alpha value is -7.95. The first-order chi connectivity index (χ1) is 67.0. The average Bonchev–Trinajstić information content (AvgIpc) is 0.831. The van der Waals surface area contributed by atoms with Crippen LogP contribution < -0.4 is 43.2 Å². The summed E-state index contributed by atoms with van der Waals surface area (Å²) >= 11 is 0. The summed E-state index contributed by atoms with van der Waals surface area (Å²) in [5, 5.41) is -0.171. The van der Waals surface area contributed by atoms with Crippen molar-refractivity contribution in [3.63, 3.8) is 0 Å². The molecule has 7 aromatic rings. The van der Waals surface area contributed by atoms with E-state index in [0.717, 1.165) is 129 Å². The number of hydrogen-bond donors (Lipinski definition) is 2. The van der Waals surface area contributed by atoms with Gasteiger partial charge in [-0.25, -0.2) is 0 Å². The minimum Gasteiger partial charge on any atom is -0.490 e. The second-order valence-electron chi connectivity index (χ2n) is 38.8. The predicted octanol–water partition coefficient (Wildman–Crippen LogP) is 38.1. The predicted molar refractivity (Wildman–Crippen MR) is 585 cm³/mol. The van der Waals surface area contributed by atoms with Gasteiger partial charge in [-0.3, -0.25) is 4.57 Å². The average molecular weight is 1880 g/mol. The van der Waals surface area contributed by atoms with E-state index in [1.165, 1.54) is 359 Å². The quantitative estimate of drug-likeness (QED) is 0.0215. The van der Waals surface area contributed by atoms with E-state index in [9.17, 15) is 14.4 Å². The van der Waals surface area contributed by atoms with E-state index in [2.05, 4.69) is 163 Å². The van der Waals surface area contributed by atoms with Gasteiger partial charge in [0.15, 0.2) is 23.0 Å². The summed E-state index contributed by atoms with van der Waals surface area (Å²) in [6.45, 7) is 18.0. The summed E-state index contributed by atoms with van der Waals surface area (Å²) in [5.74, 6) is 5.22. The molecule has 0 unspecified atom stereocenters. The maximum absolute atomic E-state index is 12.8. The number of unbranched alkanes of at least 4 members (excludes halogenated alkanes) is 54. The summed E-state index contributed by atoms with van der Waals surface area (Å²) < 4.78 is 65.6. The molecule has 0 amide bonds. The van der Waals surface area contributed by atoms with Crippen molar-refractivity contribution in [3.05, 3.63) is 195 Å². The van der Waals surface area contributed by atoms with Crippen LogP contribution in [0.3, 0.4) is 0 Å². The molecule has 11 nitrogen and oxygen atoms in total. The largest absolute Gasteiger partial charge is 0.490 e. The molecule has 0 bridgehead atoms. The lowest BCUT2D eigenvalue weighted by molar-refractivity contribution is 0.234. The molecule has 2 N–H and O–H groups in total. The Morgan fingerprint density at radius 1 is 0.199 bits per heavy atom. The molecule has 0 atom stereocenters. The van der Waals surface area contributed by atoms with Crippen molar-refractivity contribution in [1.29, 1.82) is 0 Å². The van der Waals surface area contributed by atoms with Gasteiger partial charge in [0.1, 0.15) is 24.7 Å². The van der Waals surface area contributed by atoms with Gasteiger partial charge in [0, 0.05) is 6.07 Å². The van der Waals surface area contributed by atoms with Crippen LogP contribution >= 0.6 is 7.60 Å². The SMILES string of the molecule is CCCCCCCCCCCCOc1cc(/C=C/c2ccc(/C=C/c3ccc(COc4cc(OCc5ccc(/C=C/c6ccc(/C=C/c7cc(OCCCCCCCCCCCC)c(OCCCCCCCCCCCC)c(OCCCCCCCCCCCC)c7)cc6)cc5)cc(P(=O)(O)O)c4)cc3)cc2)cc(OCCCCCCCCCCCC)c1OCCCCCCCCCCCC. The van der Waals surface area contributed by atoms with Crippen LogP contribution in [-0.4, -0.2) is 49.4 Å². The first-order valence-electron chi connectivity index (χ1n) is 55.7. The van der Waals surface area contributed by atoms with Gasteiger partial charge in [-0.15, -0.1) is 0 Å². The normalized spacial score (nSPS) is 11.8. The monoisotopic (exact) mass is 1880 g/mol. The molecule has 7 aromatic carbocycles. The second kappa shape index (κ2) is 76.9. The first-order valence-corrected chi connectivity index (χ1v) is 57.3. The lowest BCUT2D eigenvalue weighted by Gasteiger charge is -2.18. The topological polar surface area (TPSA) is 131 Å². The highest BCUT2D eigenvalue weighted by Gasteiger charge is 2.22. The van der Waals surface area contributed by atoms with E-state index in [-0.39, 0.29) is 18.5 Å². The van der Waals surface area contributed by atoms with Crippen LogP contribution in [0.1, 0.15) is 482 Å². The molecule has 0 aliphatic carbocycles. The van der Waals surface area contributed by atoms with E-state index in [4.69, 9.17) is 37.9 Å². The Balaban J connectivity index is 0.935. The lowest BCUT2D eigenvalue weighted by atomic mass is 10.1. The minimum absolute atomic E-state index is 0.171. The van der Waals surface area contributed by atoms with Gasteiger partial charge in [0.25, 0.3) is 0 Å². The number of ether oxygens (including phenoxy) is 8. The van der Waals surface area contributed by atoms with Crippen LogP contribution in [0, 0.1) is 0 Å². The van der Waals surface area contributed by atoms with Crippen LogP contribution in [0.4, 0.5) is 0 Å². The third kappa shape index (κ3) is 54.6. The van der Waals surface area contributed by atoms with Gasteiger partial charge >= 0.3 is 7.60 Å². The smallest absolute Gasteiger partial charge is 0.356 e. The van der Waals surface area contributed by atoms with Crippen LogP contribution in [0.5, 0.6) is 46.0 Å². The molecule has 0 saturated carbocycles.